The molecule has 1 aliphatic heterocycles. The number of nitrogens with one attached hydrogen (secondary N) is 1. The molecule has 1 saturated heterocycles. The second-order valence-corrected chi connectivity index (χ2v) is 9.16. The summed E-state index contributed by atoms with van der Waals surface area (Å²) in [5, 5.41) is 2.71. The number of alkyl halides is 2. The predicted molar refractivity (Wildman–Crippen MR) is 121 cm³/mol. The van der Waals surface area contributed by atoms with E-state index in [4.69, 9.17) is 4.74 Å². The molecule has 0 aliphatic carbocycles. The summed E-state index contributed by atoms with van der Waals surface area (Å²) >= 11 is 0. The van der Waals surface area contributed by atoms with E-state index < -0.39 is 22.5 Å². The number of sulfonamides is 1. The average Bonchev–Trinajstić information content (AvgIpc) is 2.81. The number of nitrogens with zero attached hydrogens (tertiary/aromatic N) is 2. The lowest BCUT2D eigenvalue weighted by molar-refractivity contribution is -0.0498. The summed E-state index contributed by atoms with van der Waals surface area (Å²) in [4.78, 5) is 15.2. The molecule has 0 atom stereocenters. The molecule has 1 aliphatic rings. The van der Waals surface area contributed by atoms with Crippen molar-refractivity contribution in [3.63, 3.8) is 0 Å². The molecule has 0 saturated carbocycles. The Morgan fingerprint density at radius 3 is 2.33 bits per heavy atom. The third-order valence-electron chi connectivity index (χ3n) is 5.24. The lowest BCUT2D eigenvalue weighted by atomic mass is 10.1. The number of rotatable bonds is 9. The van der Waals surface area contributed by atoms with Crippen LogP contribution in [0.25, 0.3) is 0 Å². The van der Waals surface area contributed by atoms with Gasteiger partial charge in [0.25, 0.3) is 5.91 Å². The van der Waals surface area contributed by atoms with Crippen LogP contribution in [-0.4, -0.2) is 64.6 Å². The van der Waals surface area contributed by atoms with Crippen molar-refractivity contribution in [1.82, 2.24) is 4.31 Å². The van der Waals surface area contributed by atoms with E-state index in [2.05, 4.69) is 10.1 Å². The SMILES string of the molecule is CCN(CC)S(=O)(=O)c1ccc(N2CCOCC2)c(C(=O)Nc2ccc(OC(F)F)cc2)c1. The monoisotopic (exact) mass is 483 g/mol. The van der Waals surface area contributed by atoms with E-state index in [0.717, 1.165) is 0 Å². The van der Waals surface area contributed by atoms with Crippen molar-refractivity contribution >= 4 is 27.3 Å². The van der Waals surface area contributed by atoms with Gasteiger partial charge in [-0.15, -0.1) is 0 Å². The van der Waals surface area contributed by atoms with Gasteiger partial charge in [-0.1, -0.05) is 13.8 Å². The van der Waals surface area contributed by atoms with Gasteiger partial charge in [-0.05, 0) is 42.5 Å². The number of carbonyl (C=O) groups excluding carboxylic acids is 1. The Kier molecular flexibility index (Phi) is 8.22. The van der Waals surface area contributed by atoms with Crippen LogP contribution in [0.2, 0.25) is 0 Å². The van der Waals surface area contributed by atoms with Crippen molar-refractivity contribution in [3.8, 4) is 5.75 Å². The van der Waals surface area contributed by atoms with E-state index in [1.807, 2.05) is 4.90 Å². The number of ether oxygens (including phenoxy) is 2. The van der Waals surface area contributed by atoms with Gasteiger partial charge in [0.15, 0.2) is 0 Å². The zero-order chi connectivity index (χ0) is 24.0. The number of amides is 1. The third kappa shape index (κ3) is 5.98. The van der Waals surface area contributed by atoms with Crippen molar-refractivity contribution in [1.29, 1.82) is 0 Å². The molecule has 0 aromatic heterocycles. The zero-order valence-corrected chi connectivity index (χ0v) is 19.3. The Morgan fingerprint density at radius 2 is 1.76 bits per heavy atom. The van der Waals surface area contributed by atoms with Gasteiger partial charge in [0.2, 0.25) is 10.0 Å². The normalized spacial score (nSPS) is 14.5. The van der Waals surface area contributed by atoms with Crippen LogP contribution in [0, 0.1) is 0 Å². The van der Waals surface area contributed by atoms with E-state index in [0.29, 0.717) is 50.8 Å². The largest absolute Gasteiger partial charge is 0.435 e. The van der Waals surface area contributed by atoms with Crippen molar-refractivity contribution in [2.24, 2.45) is 0 Å². The van der Waals surface area contributed by atoms with Gasteiger partial charge < -0.3 is 19.7 Å². The second kappa shape index (κ2) is 10.9. The Labute approximate surface area is 192 Å². The molecule has 180 valence electrons. The number of halogens is 2. The Bertz CT molecular complexity index is 1050. The van der Waals surface area contributed by atoms with E-state index in [1.54, 1.807) is 19.9 Å². The molecule has 11 heteroatoms. The summed E-state index contributed by atoms with van der Waals surface area (Å²) < 4.78 is 61.8. The molecular weight excluding hydrogens is 456 g/mol. The first kappa shape index (κ1) is 24.9. The third-order valence-corrected chi connectivity index (χ3v) is 7.29. The molecule has 1 heterocycles. The van der Waals surface area contributed by atoms with Crippen LogP contribution >= 0.6 is 0 Å². The van der Waals surface area contributed by atoms with Crippen molar-refractivity contribution in [2.75, 3.05) is 49.6 Å². The van der Waals surface area contributed by atoms with Crippen LogP contribution < -0.4 is 15.0 Å². The smallest absolute Gasteiger partial charge is 0.387 e. The summed E-state index contributed by atoms with van der Waals surface area (Å²) in [6, 6.07) is 10.0. The number of morpholine rings is 1. The van der Waals surface area contributed by atoms with E-state index in [9.17, 15) is 22.0 Å². The quantitative estimate of drug-likeness (QED) is 0.588. The topological polar surface area (TPSA) is 88.2 Å². The molecule has 3 rings (SSSR count). The Balaban J connectivity index is 1.94. The maximum Gasteiger partial charge on any atom is 0.387 e. The first-order valence-corrected chi connectivity index (χ1v) is 12.0. The highest BCUT2D eigenvalue weighted by Crippen LogP contribution is 2.28. The molecule has 1 fully saturated rings. The minimum absolute atomic E-state index is 0.0223. The fraction of sp³-hybridized carbons (Fsp3) is 0.409. The molecule has 1 amide bonds. The molecular formula is C22H27F2N3O5S. The molecule has 0 bridgehead atoms. The van der Waals surface area contributed by atoms with Crippen molar-refractivity contribution in [3.05, 3.63) is 48.0 Å². The summed E-state index contributed by atoms with van der Waals surface area (Å²) in [6.07, 6.45) is 0. The number of hydrogen-bond acceptors (Lipinski definition) is 6. The van der Waals surface area contributed by atoms with Gasteiger partial charge >= 0.3 is 6.61 Å². The van der Waals surface area contributed by atoms with Crippen LogP contribution in [0.4, 0.5) is 20.2 Å². The number of carbonyl (C=O) groups is 1. The zero-order valence-electron chi connectivity index (χ0n) is 18.5. The highest BCUT2D eigenvalue weighted by Gasteiger charge is 2.26. The van der Waals surface area contributed by atoms with Gasteiger partial charge in [0.1, 0.15) is 5.75 Å². The standard InChI is InChI=1S/C22H27F2N3O5S/c1-3-27(4-2)33(29,30)18-9-10-20(26-11-13-31-14-12-26)19(15-18)21(28)25-16-5-7-17(8-6-16)32-22(23)24/h5-10,15,22H,3-4,11-14H2,1-2H3,(H,25,28). The number of anilines is 2. The van der Waals surface area contributed by atoms with E-state index in [-0.39, 0.29) is 16.2 Å². The van der Waals surface area contributed by atoms with Gasteiger partial charge in [-0.3, -0.25) is 4.79 Å². The maximum atomic E-state index is 13.2. The van der Waals surface area contributed by atoms with Crippen molar-refractivity contribution < 1.29 is 31.5 Å². The molecule has 33 heavy (non-hydrogen) atoms. The van der Waals surface area contributed by atoms with Gasteiger partial charge in [-0.2, -0.15) is 13.1 Å². The molecule has 0 radical (unpaired) electrons. The number of benzene rings is 2. The van der Waals surface area contributed by atoms with Crippen LogP contribution in [0.1, 0.15) is 24.2 Å². The van der Waals surface area contributed by atoms with Crippen LogP contribution in [0.15, 0.2) is 47.4 Å². The maximum absolute atomic E-state index is 13.2. The lowest BCUT2D eigenvalue weighted by Crippen LogP contribution is -2.37. The van der Waals surface area contributed by atoms with Crippen LogP contribution in [0.3, 0.4) is 0 Å². The summed E-state index contributed by atoms with van der Waals surface area (Å²) in [7, 11) is -3.77. The molecule has 1 N–H and O–H groups in total. The van der Waals surface area contributed by atoms with Crippen LogP contribution in [-0.2, 0) is 14.8 Å². The summed E-state index contributed by atoms with van der Waals surface area (Å²) in [5.41, 5.74) is 1.14. The molecule has 0 unspecified atom stereocenters. The predicted octanol–water partition coefficient (Wildman–Crippen LogP) is 3.41. The Hall–Kier alpha value is -2.76. The molecule has 8 nitrogen and oxygen atoms in total. The molecule has 2 aromatic carbocycles. The van der Waals surface area contributed by atoms with Gasteiger partial charge in [0, 0.05) is 37.6 Å². The first-order chi connectivity index (χ1) is 15.8. The average molecular weight is 484 g/mol. The van der Waals surface area contributed by atoms with Crippen molar-refractivity contribution in [2.45, 2.75) is 25.4 Å². The first-order valence-electron chi connectivity index (χ1n) is 10.6. The van der Waals surface area contributed by atoms with E-state index in [1.165, 1.54) is 40.7 Å². The highest BCUT2D eigenvalue weighted by molar-refractivity contribution is 7.89. The summed E-state index contributed by atoms with van der Waals surface area (Å²) in [6.45, 7) is 3.26. The van der Waals surface area contributed by atoms with E-state index >= 15 is 0 Å². The second-order valence-electron chi connectivity index (χ2n) is 7.22. The number of hydrogen-bond donors (Lipinski definition) is 1. The minimum Gasteiger partial charge on any atom is -0.435 e. The summed E-state index contributed by atoms with van der Waals surface area (Å²) in [5.74, 6) is -0.556. The van der Waals surface area contributed by atoms with Crippen LogP contribution in [0.5, 0.6) is 5.75 Å². The Morgan fingerprint density at radius 1 is 1.12 bits per heavy atom. The molecule has 2 aromatic rings. The minimum atomic E-state index is -3.77. The van der Waals surface area contributed by atoms with Gasteiger partial charge in [-0.25, -0.2) is 8.42 Å². The molecule has 0 spiro atoms. The fourth-order valence-corrected chi connectivity index (χ4v) is 5.05. The van der Waals surface area contributed by atoms with Gasteiger partial charge in [0.05, 0.1) is 23.7 Å². The lowest BCUT2D eigenvalue weighted by Gasteiger charge is -2.30. The highest BCUT2D eigenvalue weighted by atomic mass is 32.2. The fourth-order valence-electron chi connectivity index (χ4n) is 3.57.